The summed E-state index contributed by atoms with van der Waals surface area (Å²) in [5.41, 5.74) is 1.77. The number of aryl methyl sites for hydroxylation is 2. The average Bonchev–Trinajstić information content (AvgIpc) is 2.81. The Morgan fingerprint density at radius 3 is 2.58 bits per heavy atom. The fraction of sp³-hybridized carbons (Fsp3) is 0.286. The second-order valence-electron chi connectivity index (χ2n) is 4.25. The van der Waals surface area contributed by atoms with Crippen molar-refractivity contribution in [3.8, 4) is 5.75 Å². The van der Waals surface area contributed by atoms with Crippen molar-refractivity contribution in [3.63, 3.8) is 0 Å². The van der Waals surface area contributed by atoms with Gasteiger partial charge in [0.25, 0.3) is 0 Å². The summed E-state index contributed by atoms with van der Waals surface area (Å²) in [7, 11) is 0. The van der Waals surface area contributed by atoms with Gasteiger partial charge in [0.15, 0.2) is 0 Å². The lowest BCUT2D eigenvalue weighted by Gasteiger charge is -2.03. The Hall–Kier alpha value is -2.30. The summed E-state index contributed by atoms with van der Waals surface area (Å²) in [6.45, 7) is 4.71. The normalized spacial score (nSPS) is 10.4. The quantitative estimate of drug-likeness (QED) is 0.897. The first-order chi connectivity index (χ1) is 9.10. The number of nitrogens with zero attached hydrogens (tertiary/aromatic N) is 2. The number of benzene rings is 1. The van der Waals surface area contributed by atoms with Gasteiger partial charge in [-0.1, -0.05) is 17.7 Å². The molecule has 0 spiro atoms. The van der Waals surface area contributed by atoms with E-state index in [0.29, 0.717) is 12.2 Å². The van der Waals surface area contributed by atoms with E-state index >= 15 is 0 Å². The summed E-state index contributed by atoms with van der Waals surface area (Å²) < 4.78 is 7.16. The molecule has 100 valence electrons. The highest BCUT2D eigenvalue weighted by atomic mass is 16.5. The molecule has 1 aromatic carbocycles. The molecule has 0 saturated heterocycles. The van der Waals surface area contributed by atoms with Gasteiger partial charge >= 0.3 is 5.97 Å². The van der Waals surface area contributed by atoms with Crippen LogP contribution < -0.4 is 4.74 Å². The van der Waals surface area contributed by atoms with Crippen molar-refractivity contribution in [2.45, 2.75) is 27.0 Å². The molecule has 0 saturated carbocycles. The molecule has 19 heavy (non-hydrogen) atoms. The summed E-state index contributed by atoms with van der Waals surface area (Å²) in [6.07, 6.45) is 1.71. The first kappa shape index (κ1) is 13.1. The Balaban J connectivity index is 2.07. The van der Waals surface area contributed by atoms with Crippen LogP contribution in [0.5, 0.6) is 5.75 Å². The van der Waals surface area contributed by atoms with Crippen LogP contribution in [0.15, 0.2) is 30.5 Å². The number of carboxylic acids is 1. The van der Waals surface area contributed by atoms with E-state index in [1.165, 1.54) is 0 Å². The van der Waals surface area contributed by atoms with Crippen LogP contribution in [0.3, 0.4) is 0 Å². The maximum absolute atomic E-state index is 11.0. The van der Waals surface area contributed by atoms with Crippen LogP contribution in [-0.2, 0) is 13.2 Å². The first-order valence-electron chi connectivity index (χ1n) is 6.09. The highest BCUT2D eigenvalue weighted by Gasteiger charge is 2.13. The molecule has 1 heterocycles. The number of aromatic carboxylic acids is 1. The van der Waals surface area contributed by atoms with Crippen LogP contribution in [-0.4, -0.2) is 20.6 Å². The lowest BCUT2D eigenvalue weighted by Crippen LogP contribution is -2.07. The third kappa shape index (κ3) is 3.13. The van der Waals surface area contributed by atoms with Gasteiger partial charge in [-0.25, -0.2) is 9.78 Å². The maximum Gasteiger partial charge on any atom is 0.372 e. The largest absolute Gasteiger partial charge is 0.487 e. The van der Waals surface area contributed by atoms with Crippen molar-refractivity contribution in [2.75, 3.05) is 0 Å². The van der Waals surface area contributed by atoms with Gasteiger partial charge < -0.3 is 14.4 Å². The second-order valence-corrected chi connectivity index (χ2v) is 4.25. The van der Waals surface area contributed by atoms with E-state index in [9.17, 15) is 4.79 Å². The van der Waals surface area contributed by atoms with Gasteiger partial charge in [-0.2, -0.15) is 0 Å². The van der Waals surface area contributed by atoms with Crippen LogP contribution in [0, 0.1) is 6.92 Å². The molecule has 0 unspecified atom stereocenters. The lowest BCUT2D eigenvalue weighted by molar-refractivity contribution is 0.0678. The van der Waals surface area contributed by atoms with Crippen molar-refractivity contribution < 1.29 is 14.6 Å². The molecule has 0 aliphatic heterocycles. The highest BCUT2D eigenvalue weighted by molar-refractivity contribution is 5.83. The van der Waals surface area contributed by atoms with E-state index in [0.717, 1.165) is 11.3 Å². The molecule has 0 fully saturated rings. The lowest BCUT2D eigenvalue weighted by atomic mass is 10.2. The number of rotatable bonds is 5. The monoisotopic (exact) mass is 260 g/mol. The Labute approximate surface area is 111 Å². The molecule has 2 rings (SSSR count). The third-order valence-electron chi connectivity index (χ3n) is 2.77. The zero-order chi connectivity index (χ0) is 13.8. The number of carboxylic acid groups (broad SMARTS) is 1. The van der Waals surface area contributed by atoms with Crippen LogP contribution in [0.2, 0.25) is 0 Å². The summed E-state index contributed by atoms with van der Waals surface area (Å²) in [5, 5.41) is 9.00. The third-order valence-corrected chi connectivity index (χ3v) is 2.77. The predicted octanol–water partition coefficient (Wildman–Crippen LogP) is 2.49. The minimum atomic E-state index is -1.02. The predicted molar refractivity (Wildman–Crippen MR) is 70.4 cm³/mol. The Morgan fingerprint density at radius 1 is 1.37 bits per heavy atom. The Bertz CT molecular complexity index is 573. The SMILES string of the molecule is CCn1cc(COc2ccc(C)cc2)nc1C(=O)O. The molecule has 0 aliphatic carbocycles. The second kappa shape index (κ2) is 5.56. The topological polar surface area (TPSA) is 64.4 Å². The summed E-state index contributed by atoms with van der Waals surface area (Å²) >= 11 is 0. The van der Waals surface area contributed by atoms with Gasteiger partial charge in [-0.15, -0.1) is 0 Å². The molecule has 0 atom stereocenters. The molecule has 5 nitrogen and oxygen atoms in total. The standard InChI is InChI=1S/C14H16N2O3/c1-3-16-8-11(15-13(16)14(17)18)9-19-12-6-4-10(2)5-7-12/h4-8H,3,9H2,1-2H3,(H,17,18). The molecule has 0 radical (unpaired) electrons. The first-order valence-corrected chi connectivity index (χ1v) is 6.09. The Kier molecular flexibility index (Phi) is 3.85. The van der Waals surface area contributed by atoms with Crippen molar-refractivity contribution in [1.82, 2.24) is 9.55 Å². The average molecular weight is 260 g/mol. The van der Waals surface area contributed by atoms with Gasteiger partial charge in [0.2, 0.25) is 5.82 Å². The molecule has 0 bridgehead atoms. The fourth-order valence-corrected chi connectivity index (χ4v) is 1.74. The summed E-state index contributed by atoms with van der Waals surface area (Å²) in [4.78, 5) is 15.0. The van der Waals surface area contributed by atoms with Crippen molar-refractivity contribution in [3.05, 3.63) is 47.5 Å². The van der Waals surface area contributed by atoms with Gasteiger partial charge in [0, 0.05) is 12.7 Å². The zero-order valence-electron chi connectivity index (χ0n) is 11.0. The molecule has 1 N–H and O–H groups in total. The summed E-state index contributed by atoms with van der Waals surface area (Å²) in [6, 6.07) is 7.68. The smallest absolute Gasteiger partial charge is 0.372 e. The Morgan fingerprint density at radius 2 is 2.05 bits per heavy atom. The van der Waals surface area contributed by atoms with Crippen molar-refractivity contribution in [1.29, 1.82) is 0 Å². The van der Waals surface area contributed by atoms with Gasteiger partial charge in [0.1, 0.15) is 12.4 Å². The van der Waals surface area contributed by atoms with Gasteiger partial charge in [-0.3, -0.25) is 0 Å². The number of ether oxygens (including phenoxy) is 1. The maximum atomic E-state index is 11.0. The van der Waals surface area contributed by atoms with E-state index < -0.39 is 5.97 Å². The van der Waals surface area contributed by atoms with Crippen molar-refractivity contribution >= 4 is 5.97 Å². The van der Waals surface area contributed by atoms with Gasteiger partial charge in [-0.05, 0) is 26.0 Å². The van der Waals surface area contributed by atoms with E-state index in [1.807, 2.05) is 38.1 Å². The molecular weight excluding hydrogens is 244 g/mol. The van der Waals surface area contributed by atoms with E-state index in [-0.39, 0.29) is 12.4 Å². The number of aromatic nitrogens is 2. The molecule has 5 heteroatoms. The zero-order valence-corrected chi connectivity index (χ0v) is 11.0. The summed E-state index contributed by atoms with van der Waals surface area (Å²) in [5.74, 6) is -0.234. The number of hydrogen-bond acceptors (Lipinski definition) is 3. The number of imidazole rings is 1. The highest BCUT2D eigenvalue weighted by Crippen LogP contribution is 2.14. The molecule has 1 aromatic heterocycles. The number of carbonyl (C=O) groups is 1. The van der Waals surface area contributed by atoms with Crippen LogP contribution in [0.4, 0.5) is 0 Å². The van der Waals surface area contributed by atoms with Crippen LogP contribution >= 0.6 is 0 Å². The molecule has 0 aliphatic rings. The minimum Gasteiger partial charge on any atom is -0.487 e. The van der Waals surface area contributed by atoms with Crippen LogP contribution in [0.25, 0.3) is 0 Å². The van der Waals surface area contributed by atoms with E-state index in [1.54, 1.807) is 10.8 Å². The fourth-order valence-electron chi connectivity index (χ4n) is 1.74. The van der Waals surface area contributed by atoms with Gasteiger partial charge in [0.05, 0.1) is 5.69 Å². The molecule has 0 amide bonds. The number of hydrogen-bond donors (Lipinski definition) is 1. The molecule has 2 aromatic rings. The van der Waals surface area contributed by atoms with Crippen molar-refractivity contribution in [2.24, 2.45) is 0 Å². The minimum absolute atomic E-state index is 0.0463. The molecular formula is C14H16N2O3. The van der Waals surface area contributed by atoms with E-state index in [2.05, 4.69) is 4.98 Å². The van der Waals surface area contributed by atoms with E-state index in [4.69, 9.17) is 9.84 Å². The van der Waals surface area contributed by atoms with Crippen LogP contribution in [0.1, 0.15) is 28.8 Å².